The first-order valence-electron chi connectivity index (χ1n) is 6.75. The largest absolute Gasteiger partial charge is 0.465 e. The molecule has 0 atom stereocenters. The molecule has 3 rings (SSSR count). The van der Waals surface area contributed by atoms with E-state index in [0.29, 0.717) is 12.0 Å². The van der Waals surface area contributed by atoms with Gasteiger partial charge in [0.2, 0.25) is 0 Å². The normalized spacial score (nSPS) is 13.5. The van der Waals surface area contributed by atoms with Crippen LogP contribution in [0.15, 0.2) is 58.7 Å². The molecule has 0 N–H and O–H groups in total. The van der Waals surface area contributed by atoms with Crippen molar-refractivity contribution in [2.24, 2.45) is 10.2 Å². The number of hydrogen-bond donors (Lipinski definition) is 0. The maximum absolute atomic E-state index is 11.4. The van der Waals surface area contributed by atoms with Crippen LogP contribution in [0, 0.1) is 3.57 Å². The molecule has 2 aromatic rings. The van der Waals surface area contributed by atoms with E-state index in [2.05, 4.69) is 38.9 Å². The van der Waals surface area contributed by atoms with E-state index in [0.717, 1.165) is 22.6 Å². The summed E-state index contributed by atoms with van der Waals surface area (Å²) in [5.74, 6) is -0.337. The van der Waals surface area contributed by atoms with Gasteiger partial charge >= 0.3 is 5.97 Å². The number of ether oxygens (including phenoxy) is 1. The van der Waals surface area contributed by atoms with Crippen LogP contribution in [0.5, 0.6) is 0 Å². The number of hydrogen-bond acceptors (Lipinski definition) is 4. The Morgan fingerprint density at radius 2 is 1.73 bits per heavy atom. The predicted octanol–water partition coefficient (Wildman–Crippen LogP) is 3.67. The molecule has 0 fully saturated rings. The third kappa shape index (κ3) is 3.09. The van der Waals surface area contributed by atoms with E-state index < -0.39 is 0 Å². The van der Waals surface area contributed by atoms with Gasteiger partial charge in [0.05, 0.1) is 24.1 Å². The monoisotopic (exact) mass is 404 g/mol. The van der Waals surface area contributed by atoms with Gasteiger partial charge in [0, 0.05) is 9.99 Å². The van der Waals surface area contributed by atoms with Crippen molar-refractivity contribution < 1.29 is 9.53 Å². The maximum atomic E-state index is 11.4. The smallest absolute Gasteiger partial charge is 0.337 e. The van der Waals surface area contributed by atoms with Crippen LogP contribution in [0.1, 0.15) is 27.9 Å². The van der Waals surface area contributed by atoms with Crippen molar-refractivity contribution in [3.8, 4) is 0 Å². The fraction of sp³-hybridized carbons (Fsp3) is 0.118. The van der Waals surface area contributed by atoms with E-state index in [1.165, 1.54) is 10.7 Å². The Labute approximate surface area is 142 Å². The average molecular weight is 404 g/mol. The van der Waals surface area contributed by atoms with Crippen molar-refractivity contribution in [3.63, 3.8) is 0 Å². The zero-order chi connectivity index (χ0) is 15.5. The molecule has 0 aliphatic carbocycles. The first kappa shape index (κ1) is 14.9. The van der Waals surface area contributed by atoms with E-state index in [4.69, 9.17) is 4.74 Å². The molecule has 0 radical (unpaired) electrons. The molecule has 4 nitrogen and oxygen atoms in total. The van der Waals surface area contributed by atoms with Crippen LogP contribution in [-0.4, -0.2) is 24.5 Å². The van der Waals surface area contributed by atoms with E-state index in [1.54, 1.807) is 12.1 Å². The highest BCUT2D eigenvalue weighted by Gasteiger charge is 2.16. The number of esters is 1. The topological polar surface area (TPSA) is 51.0 Å². The van der Waals surface area contributed by atoms with Gasteiger partial charge in [-0.2, -0.15) is 10.2 Å². The molecule has 22 heavy (non-hydrogen) atoms. The second kappa shape index (κ2) is 6.39. The summed E-state index contributed by atoms with van der Waals surface area (Å²) in [7, 11) is 1.37. The summed E-state index contributed by atoms with van der Waals surface area (Å²) in [6.07, 6.45) is 0.692. The highest BCUT2D eigenvalue weighted by molar-refractivity contribution is 14.1. The van der Waals surface area contributed by atoms with Crippen LogP contribution in [-0.2, 0) is 4.74 Å². The Hall–Kier alpha value is -2.02. The fourth-order valence-corrected chi connectivity index (χ4v) is 2.80. The summed E-state index contributed by atoms with van der Waals surface area (Å²) in [6, 6.07) is 15.4. The Bertz CT molecular complexity index is 780. The summed E-state index contributed by atoms with van der Waals surface area (Å²) in [5.41, 5.74) is 4.47. The number of carbonyl (C=O) groups is 1. The van der Waals surface area contributed by atoms with Gasteiger partial charge in [0.1, 0.15) is 0 Å². The zero-order valence-electron chi connectivity index (χ0n) is 11.9. The van der Waals surface area contributed by atoms with Crippen molar-refractivity contribution in [2.75, 3.05) is 7.11 Å². The third-order valence-electron chi connectivity index (χ3n) is 3.42. The van der Waals surface area contributed by atoms with Crippen LogP contribution in [0.2, 0.25) is 0 Å². The first-order valence-corrected chi connectivity index (χ1v) is 7.83. The summed E-state index contributed by atoms with van der Waals surface area (Å²) in [4.78, 5) is 11.4. The van der Waals surface area contributed by atoms with Gasteiger partial charge in [-0.1, -0.05) is 24.3 Å². The zero-order valence-corrected chi connectivity index (χ0v) is 14.1. The van der Waals surface area contributed by atoms with Gasteiger partial charge in [-0.3, -0.25) is 0 Å². The van der Waals surface area contributed by atoms with Crippen molar-refractivity contribution in [1.82, 2.24) is 0 Å². The number of halogens is 1. The Morgan fingerprint density at radius 1 is 1.05 bits per heavy atom. The van der Waals surface area contributed by atoms with Gasteiger partial charge in [-0.25, -0.2) is 4.79 Å². The summed E-state index contributed by atoms with van der Waals surface area (Å²) < 4.78 is 5.87. The van der Waals surface area contributed by atoms with E-state index in [9.17, 15) is 4.79 Å². The molecule has 0 amide bonds. The summed E-state index contributed by atoms with van der Waals surface area (Å²) >= 11 is 2.29. The van der Waals surface area contributed by atoms with Crippen molar-refractivity contribution >= 4 is 40.0 Å². The number of rotatable bonds is 3. The molecule has 1 aliphatic rings. The Balaban J connectivity index is 1.75. The molecular weight excluding hydrogens is 391 g/mol. The highest BCUT2D eigenvalue weighted by atomic mass is 127. The molecule has 110 valence electrons. The molecular formula is C17H13IN2O2. The van der Waals surface area contributed by atoms with Gasteiger partial charge in [-0.15, -0.1) is 0 Å². The minimum atomic E-state index is -0.337. The third-order valence-corrected chi connectivity index (χ3v) is 4.09. The van der Waals surface area contributed by atoms with Crippen LogP contribution < -0.4 is 0 Å². The first-order chi connectivity index (χ1) is 10.7. The highest BCUT2D eigenvalue weighted by Crippen LogP contribution is 2.18. The van der Waals surface area contributed by atoms with Gasteiger partial charge in [0.25, 0.3) is 0 Å². The number of carbonyl (C=O) groups excluding carboxylic acids is 1. The molecule has 0 aromatic heterocycles. The minimum absolute atomic E-state index is 0.337. The second-order valence-corrected chi connectivity index (χ2v) is 6.10. The predicted molar refractivity (Wildman–Crippen MR) is 94.6 cm³/mol. The number of methoxy groups -OCH3 is 1. The molecule has 0 bridgehead atoms. The molecule has 2 aromatic carbocycles. The molecule has 1 aliphatic heterocycles. The van der Waals surface area contributed by atoms with Crippen molar-refractivity contribution in [1.29, 1.82) is 0 Å². The molecule has 5 heteroatoms. The standard InChI is InChI=1S/C17H13IN2O2/c1-22-17(21)12-7-5-11(6-8-12)15-10-16(20-19-15)13-3-2-4-14(18)9-13/h2-9H,10H2,1H3. The lowest BCUT2D eigenvalue weighted by molar-refractivity contribution is 0.0600. The number of nitrogens with zero attached hydrogens (tertiary/aromatic N) is 2. The fourth-order valence-electron chi connectivity index (χ4n) is 2.25. The molecule has 0 spiro atoms. The Morgan fingerprint density at radius 3 is 2.36 bits per heavy atom. The summed E-state index contributed by atoms with van der Waals surface area (Å²) in [5, 5.41) is 8.56. The van der Waals surface area contributed by atoms with E-state index in [1.807, 2.05) is 30.3 Å². The maximum Gasteiger partial charge on any atom is 0.337 e. The lowest BCUT2D eigenvalue weighted by atomic mass is 10.0. The summed E-state index contributed by atoms with van der Waals surface area (Å²) in [6.45, 7) is 0. The van der Waals surface area contributed by atoms with Crippen molar-refractivity contribution in [3.05, 3.63) is 68.8 Å². The quantitative estimate of drug-likeness (QED) is 0.579. The van der Waals surface area contributed by atoms with E-state index >= 15 is 0 Å². The number of benzene rings is 2. The molecule has 0 unspecified atom stereocenters. The van der Waals surface area contributed by atoms with Gasteiger partial charge in [-0.05, 0) is 58.0 Å². The molecule has 1 heterocycles. The minimum Gasteiger partial charge on any atom is -0.465 e. The molecule has 0 saturated carbocycles. The van der Waals surface area contributed by atoms with Gasteiger partial charge in [0.15, 0.2) is 0 Å². The van der Waals surface area contributed by atoms with Crippen LogP contribution in [0.3, 0.4) is 0 Å². The SMILES string of the molecule is COC(=O)c1ccc(C2=NN=C(c3cccc(I)c3)C2)cc1. The second-order valence-electron chi connectivity index (χ2n) is 4.85. The van der Waals surface area contributed by atoms with Crippen molar-refractivity contribution in [2.45, 2.75) is 6.42 Å². The Kier molecular flexibility index (Phi) is 4.33. The average Bonchev–Trinajstić information content (AvgIpc) is 3.04. The lowest BCUT2D eigenvalue weighted by Gasteiger charge is -2.04. The van der Waals surface area contributed by atoms with Gasteiger partial charge < -0.3 is 4.74 Å². The van der Waals surface area contributed by atoms with Crippen LogP contribution in [0.25, 0.3) is 0 Å². The van der Waals surface area contributed by atoms with Crippen LogP contribution in [0.4, 0.5) is 0 Å². The molecule has 0 saturated heterocycles. The lowest BCUT2D eigenvalue weighted by Crippen LogP contribution is -2.06. The van der Waals surface area contributed by atoms with E-state index in [-0.39, 0.29) is 5.97 Å². The van der Waals surface area contributed by atoms with Crippen LogP contribution >= 0.6 is 22.6 Å².